The number of urea groups is 1. The third-order valence-corrected chi connectivity index (χ3v) is 5.38. The number of rotatable bonds is 5. The average Bonchev–Trinajstić information content (AvgIpc) is 3.23. The van der Waals surface area contributed by atoms with Crippen LogP contribution in [-0.2, 0) is 4.79 Å². The smallest absolute Gasteiger partial charge is 0.321 e. The number of amides is 4. The fourth-order valence-electron chi connectivity index (χ4n) is 3.09. The summed E-state index contributed by atoms with van der Waals surface area (Å²) < 4.78 is 0. The molecule has 28 heavy (non-hydrogen) atoms. The van der Waals surface area contributed by atoms with E-state index in [1.807, 2.05) is 18.4 Å². The second-order valence-corrected chi connectivity index (χ2v) is 7.60. The predicted octanol–water partition coefficient (Wildman–Crippen LogP) is 3.52. The molecule has 0 spiro atoms. The van der Waals surface area contributed by atoms with Crippen molar-refractivity contribution in [2.24, 2.45) is 0 Å². The maximum absolute atomic E-state index is 12.6. The summed E-state index contributed by atoms with van der Waals surface area (Å²) in [5, 5.41) is 10.5. The molecule has 0 aliphatic carbocycles. The van der Waals surface area contributed by atoms with Gasteiger partial charge in [0.2, 0.25) is 5.91 Å². The first kappa shape index (κ1) is 19.9. The molecule has 0 saturated carbocycles. The van der Waals surface area contributed by atoms with Gasteiger partial charge in [-0.1, -0.05) is 19.1 Å². The minimum Gasteiger partial charge on any atom is -0.352 e. The number of benzene rings is 1. The third-order valence-electron chi connectivity index (χ3n) is 4.51. The molecule has 1 aromatic heterocycles. The standard InChI is InChI=1S/C20H24N4O3S/c1-2-18(25)21-16-8-4-10-24(13-16)20(27)23-15-7-3-6-14(12-15)22-19(26)17-9-5-11-28-17/h3,5-7,9,11-12,16H,2,4,8,10,13H2,1H3,(H,21,25)(H,22,26)(H,23,27). The number of anilines is 2. The van der Waals surface area contributed by atoms with Crippen molar-refractivity contribution in [2.45, 2.75) is 32.2 Å². The summed E-state index contributed by atoms with van der Waals surface area (Å²) in [4.78, 5) is 38.7. The number of nitrogens with one attached hydrogen (secondary N) is 3. The van der Waals surface area contributed by atoms with E-state index >= 15 is 0 Å². The van der Waals surface area contributed by atoms with Crippen molar-refractivity contribution in [3.05, 3.63) is 46.7 Å². The highest BCUT2D eigenvalue weighted by Crippen LogP contribution is 2.19. The lowest BCUT2D eigenvalue weighted by Crippen LogP contribution is -2.50. The quantitative estimate of drug-likeness (QED) is 0.717. The lowest BCUT2D eigenvalue weighted by Gasteiger charge is -2.33. The van der Waals surface area contributed by atoms with Crippen LogP contribution < -0.4 is 16.0 Å². The van der Waals surface area contributed by atoms with Crippen LogP contribution in [0.3, 0.4) is 0 Å². The highest BCUT2D eigenvalue weighted by Gasteiger charge is 2.24. The largest absolute Gasteiger partial charge is 0.352 e. The molecule has 2 aromatic rings. The lowest BCUT2D eigenvalue weighted by atomic mass is 10.1. The van der Waals surface area contributed by atoms with Gasteiger partial charge in [-0.15, -0.1) is 11.3 Å². The van der Waals surface area contributed by atoms with E-state index in [0.29, 0.717) is 35.8 Å². The first-order chi connectivity index (χ1) is 13.5. The van der Waals surface area contributed by atoms with Crippen molar-refractivity contribution in [1.82, 2.24) is 10.2 Å². The molecule has 3 N–H and O–H groups in total. The Morgan fingerprint density at radius 2 is 1.93 bits per heavy atom. The molecule has 0 bridgehead atoms. The number of likely N-dealkylation sites (tertiary alicyclic amines) is 1. The van der Waals surface area contributed by atoms with Gasteiger partial charge in [0.25, 0.3) is 5.91 Å². The minimum absolute atomic E-state index is 0.00133. The van der Waals surface area contributed by atoms with Gasteiger partial charge in [-0.25, -0.2) is 4.79 Å². The Labute approximate surface area is 168 Å². The minimum atomic E-state index is -0.211. The van der Waals surface area contributed by atoms with E-state index in [9.17, 15) is 14.4 Å². The Balaban J connectivity index is 1.58. The lowest BCUT2D eigenvalue weighted by molar-refractivity contribution is -0.121. The molecule has 1 fully saturated rings. The van der Waals surface area contributed by atoms with Crippen molar-refractivity contribution >= 4 is 40.6 Å². The van der Waals surface area contributed by atoms with Gasteiger partial charge in [0.1, 0.15) is 0 Å². The monoisotopic (exact) mass is 400 g/mol. The van der Waals surface area contributed by atoms with Gasteiger partial charge in [0.05, 0.1) is 4.88 Å². The van der Waals surface area contributed by atoms with E-state index in [4.69, 9.17) is 0 Å². The van der Waals surface area contributed by atoms with Crippen LogP contribution in [-0.4, -0.2) is 41.9 Å². The predicted molar refractivity (Wildman–Crippen MR) is 111 cm³/mol. The van der Waals surface area contributed by atoms with Gasteiger partial charge in [0, 0.05) is 36.9 Å². The summed E-state index contributed by atoms with van der Waals surface area (Å²) in [6.45, 7) is 2.96. The van der Waals surface area contributed by atoms with Gasteiger partial charge in [-0.2, -0.15) is 0 Å². The number of carbonyl (C=O) groups excluding carboxylic acids is 3. The van der Waals surface area contributed by atoms with Crippen molar-refractivity contribution in [3.63, 3.8) is 0 Å². The third kappa shape index (κ3) is 5.32. The zero-order valence-electron chi connectivity index (χ0n) is 15.7. The van der Waals surface area contributed by atoms with Crippen molar-refractivity contribution in [2.75, 3.05) is 23.7 Å². The molecule has 7 nitrogen and oxygen atoms in total. The zero-order valence-corrected chi connectivity index (χ0v) is 16.6. The SMILES string of the molecule is CCC(=O)NC1CCCN(C(=O)Nc2cccc(NC(=O)c3cccs3)c2)C1. The Hall–Kier alpha value is -2.87. The van der Waals surface area contributed by atoms with Gasteiger partial charge >= 0.3 is 6.03 Å². The van der Waals surface area contributed by atoms with Crippen LogP contribution in [0.5, 0.6) is 0 Å². The second kappa shape index (κ2) is 9.36. The van der Waals surface area contributed by atoms with E-state index in [-0.39, 0.29) is 23.9 Å². The van der Waals surface area contributed by atoms with Gasteiger partial charge < -0.3 is 20.9 Å². The van der Waals surface area contributed by atoms with Gasteiger partial charge in [-0.3, -0.25) is 9.59 Å². The summed E-state index contributed by atoms with van der Waals surface area (Å²) in [6.07, 6.45) is 2.16. The molecular weight excluding hydrogens is 376 g/mol. The molecule has 0 radical (unpaired) electrons. The summed E-state index contributed by atoms with van der Waals surface area (Å²) in [5.41, 5.74) is 1.22. The normalized spacial score (nSPS) is 16.3. The van der Waals surface area contributed by atoms with E-state index in [2.05, 4.69) is 16.0 Å². The first-order valence-electron chi connectivity index (χ1n) is 9.35. The maximum atomic E-state index is 12.6. The van der Waals surface area contributed by atoms with E-state index in [1.165, 1.54) is 11.3 Å². The Kier molecular flexibility index (Phi) is 6.65. The van der Waals surface area contributed by atoms with Crippen LogP contribution in [0.1, 0.15) is 35.9 Å². The maximum Gasteiger partial charge on any atom is 0.321 e. The molecule has 1 unspecified atom stereocenters. The van der Waals surface area contributed by atoms with Crippen LogP contribution in [0, 0.1) is 0 Å². The van der Waals surface area contributed by atoms with Crippen LogP contribution in [0.2, 0.25) is 0 Å². The average molecular weight is 401 g/mol. The Morgan fingerprint density at radius 3 is 2.64 bits per heavy atom. The number of thiophene rings is 1. The van der Waals surface area contributed by atoms with Gasteiger partial charge in [-0.05, 0) is 42.5 Å². The summed E-state index contributed by atoms with van der Waals surface area (Å²) in [7, 11) is 0. The summed E-state index contributed by atoms with van der Waals surface area (Å²) in [6, 6.07) is 10.4. The summed E-state index contributed by atoms with van der Waals surface area (Å²) in [5.74, 6) is -0.176. The fraction of sp³-hybridized carbons (Fsp3) is 0.350. The van der Waals surface area contributed by atoms with Crippen molar-refractivity contribution in [3.8, 4) is 0 Å². The van der Waals surface area contributed by atoms with E-state index in [0.717, 1.165) is 12.8 Å². The molecule has 1 aromatic carbocycles. The topological polar surface area (TPSA) is 90.5 Å². The molecule has 4 amide bonds. The highest BCUT2D eigenvalue weighted by atomic mass is 32.1. The molecular formula is C20H24N4O3S. The molecule has 1 aliphatic heterocycles. The van der Waals surface area contributed by atoms with E-state index < -0.39 is 0 Å². The van der Waals surface area contributed by atoms with Crippen LogP contribution in [0.25, 0.3) is 0 Å². The van der Waals surface area contributed by atoms with Crippen molar-refractivity contribution < 1.29 is 14.4 Å². The molecule has 8 heteroatoms. The Morgan fingerprint density at radius 1 is 1.14 bits per heavy atom. The number of nitrogens with zero attached hydrogens (tertiary/aromatic N) is 1. The highest BCUT2D eigenvalue weighted by molar-refractivity contribution is 7.12. The van der Waals surface area contributed by atoms with Crippen LogP contribution in [0.4, 0.5) is 16.2 Å². The molecule has 148 valence electrons. The molecule has 2 heterocycles. The molecule has 3 rings (SSSR count). The Bertz CT molecular complexity index is 838. The second-order valence-electron chi connectivity index (χ2n) is 6.65. The summed E-state index contributed by atoms with van der Waals surface area (Å²) >= 11 is 1.37. The number of hydrogen-bond acceptors (Lipinski definition) is 4. The van der Waals surface area contributed by atoms with Gasteiger partial charge in [0.15, 0.2) is 0 Å². The van der Waals surface area contributed by atoms with E-state index in [1.54, 1.807) is 35.2 Å². The fourth-order valence-corrected chi connectivity index (χ4v) is 3.71. The van der Waals surface area contributed by atoms with Crippen LogP contribution in [0.15, 0.2) is 41.8 Å². The number of carbonyl (C=O) groups is 3. The number of hydrogen-bond donors (Lipinski definition) is 3. The number of piperidine rings is 1. The van der Waals surface area contributed by atoms with Crippen molar-refractivity contribution in [1.29, 1.82) is 0 Å². The zero-order chi connectivity index (χ0) is 19.9. The molecule has 1 atom stereocenters. The molecule has 1 aliphatic rings. The molecule has 1 saturated heterocycles. The van der Waals surface area contributed by atoms with Crippen LogP contribution >= 0.6 is 11.3 Å². The first-order valence-corrected chi connectivity index (χ1v) is 10.2.